The number of aromatic nitrogens is 3. The number of amides is 2. The zero-order valence-electron chi connectivity index (χ0n) is 19.2. The third-order valence-electron chi connectivity index (χ3n) is 4.96. The van der Waals surface area contributed by atoms with E-state index in [4.69, 9.17) is 27.9 Å². The summed E-state index contributed by atoms with van der Waals surface area (Å²) in [6, 6.07) is 18.0. The van der Waals surface area contributed by atoms with E-state index in [9.17, 15) is 9.18 Å². The predicted octanol–water partition coefficient (Wildman–Crippen LogP) is 6.73. The third-order valence-corrected chi connectivity index (χ3v) is 6.50. The first-order chi connectivity index (χ1) is 17.4. The number of urea groups is 1. The van der Waals surface area contributed by atoms with E-state index in [0.717, 1.165) is 11.3 Å². The molecule has 0 radical (unpaired) electrons. The average molecular weight is 546 g/mol. The van der Waals surface area contributed by atoms with E-state index in [-0.39, 0.29) is 12.4 Å². The summed E-state index contributed by atoms with van der Waals surface area (Å²) >= 11 is 14.0. The first kappa shape index (κ1) is 25.8. The molecule has 0 aliphatic heterocycles. The summed E-state index contributed by atoms with van der Waals surface area (Å²) in [7, 11) is 0. The van der Waals surface area contributed by atoms with Gasteiger partial charge in [0, 0.05) is 16.5 Å². The zero-order valence-corrected chi connectivity index (χ0v) is 21.5. The van der Waals surface area contributed by atoms with Crippen molar-refractivity contribution in [1.82, 2.24) is 20.1 Å². The van der Waals surface area contributed by atoms with Crippen molar-refractivity contribution < 1.29 is 13.9 Å². The van der Waals surface area contributed by atoms with Crippen LogP contribution in [0.4, 0.5) is 14.9 Å². The minimum atomic E-state index is -0.406. The van der Waals surface area contributed by atoms with Crippen LogP contribution in [0.1, 0.15) is 18.3 Å². The molecule has 0 aliphatic rings. The lowest BCUT2D eigenvalue weighted by atomic mass is 10.2. The summed E-state index contributed by atoms with van der Waals surface area (Å²) in [5, 5.41) is 15.6. The first-order valence-corrected chi connectivity index (χ1v) is 12.7. The molecule has 186 valence electrons. The lowest BCUT2D eigenvalue weighted by molar-refractivity contribution is 0.251. The van der Waals surface area contributed by atoms with Gasteiger partial charge in [0.25, 0.3) is 0 Å². The van der Waals surface area contributed by atoms with Gasteiger partial charge in [-0.1, -0.05) is 47.1 Å². The summed E-state index contributed by atoms with van der Waals surface area (Å²) in [6.07, 6.45) is 0. The molecule has 0 unspecified atom stereocenters. The van der Waals surface area contributed by atoms with Gasteiger partial charge in [0.05, 0.1) is 23.9 Å². The second-order valence-electron chi connectivity index (χ2n) is 7.51. The molecule has 0 bridgehead atoms. The van der Waals surface area contributed by atoms with Gasteiger partial charge in [-0.15, -0.1) is 10.2 Å². The highest BCUT2D eigenvalue weighted by Crippen LogP contribution is 2.30. The van der Waals surface area contributed by atoms with Gasteiger partial charge in [-0.3, -0.25) is 4.57 Å². The van der Waals surface area contributed by atoms with Crippen LogP contribution >= 0.6 is 35.0 Å². The monoisotopic (exact) mass is 545 g/mol. The van der Waals surface area contributed by atoms with E-state index in [1.807, 2.05) is 6.92 Å². The molecule has 3 aromatic carbocycles. The highest BCUT2D eigenvalue weighted by molar-refractivity contribution is 7.98. The van der Waals surface area contributed by atoms with E-state index in [1.165, 1.54) is 23.9 Å². The van der Waals surface area contributed by atoms with Crippen molar-refractivity contribution in [3.05, 3.63) is 94.0 Å². The second-order valence-corrected chi connectivity index (χ2v) is 9.30. The van der Waals surface area contributed by atoms with E-state index >= 15 is 0 Å². The Hall–Kier alpha value is -3.27. The molecule has 4 rings (SSSR count). The van der Waals surface area contributed by atoms with Crippen LogP contribution in [0.25, 0.3) is 5.69 Å². The highest BCUT2D eigenvalue weighted by Gasteiger charge is 2.18. The van der Waals surface area contributed by atoms with E-state index in [0.29, 0.717) is 44.8 Å². The molecule has 0 saturated carbocycles. The maximum absolute atomic E-state index is 13.2. The fraction of sp³-hybridized carbons (Fsp3) is 0.160. The van der Waals surface area contributed by atoms with Crippen LogP contribution in [-0.2, 0) is 12.3 Å². The largest absolute Gasteiger partial charge is 0.494 e. The topological polar surface area (TPSA) is 81.1 Å². The molecule has 0 fully saturated rings. The van der Waals surface area contributed by atoms with Crippen molar-refractivity contribution in [3.8, 4) is 11.4 Å². The van der Waals surface area contributed by atoms with Crippen molar-refractivity contribution in [2.45, 2.75) is 24.4 Å². The lowest BCUT2D eigenvalue weighted by Crippen LogP contribution is -2.29. The van der Waals surface area contributed by atoms with Gasteiger partial charge < -0.3 is 15.4 Å². The fourth-order valence-corrected chi connectivity index (χ4v) is 4.69. The Morgan fingerprint density at radius 1 is 1.06 bits per heavy atom. The molecule has 11 heteroatoms. The number of halogens is 3. The number of benzene rings is 3. The number of hydrogen-bond acceptors (Lipinski definition) is 5. The number of nitrogens with zero attached hydrogens (tertiary/aromatic N) is 3. The molecule has 2 amide bonds. The lowest BCUT2D eigenvalue weighted by Gasteiger charge is -2.13. The first-order valence-electron chi connectivity index (χ1n) is 11.0. The standard InChI is InChI=1S/C25H22Cl2FN5O2S/c1-2-35-20-10-8-19(9-11-20)30-24(34)29-14-23-31-32-25(36-15-16-3-6-18(28)7-4-16)33(23)22-12-5-17(26)13-21(22)27/h3-13H,2,14-15H2,1H3,(H2,29,30,34). The molecular formula is C25H22Cl2FN5O2S. The van der Waals surface area contributed by atoms with Crippen molar-refractivity contribution >= 4 is 46.7 Å². The smallest absolute Gasteiger partial charge is 0.319 e. The quantitative estimate of drug-likeness (QED) is 0.228. The summed E-state index contributed by atoms with van der Waals surface area (Å²) in [5.74, 6) is 1.44. The maximum atomic E-state index is 13.2. The van der Waals surface area contributed by atoms with Crippen LogP contribution < -0.4 is 15.4 Å². The van der Waals surface area contributed by atoms with Gasteiger partial charge in [-0.05, 0) is 67.1 Å². The molecule has 2 N–H and O–H groups in total. The van der Waals surface area contributed by atoms with Gasteiger partial charge in [-0.2, -0.15) is 0 Å². The van der Waals surface area contributed by atoms with Gasteiger partial charge in [-0.25, -0.2) is 9.18 Å². The summed E-state index contributed by atoms with van der Waals surface area (Å²) in [4.78, 5) is 12.5. The maximum Gasteiger partial charge on any atom is 0.319 e. The number of carbonyl (C=O) groups excluding carboxylic acids is 1. The van der Waals surface area contributed by atoms with Crippen molar-refractivity contribution in [1.29, 1.82) is 0 Å². The van der Waals surface area contributed by atoms with Crippen LogP contribution in [-0.4, -0.2) is 27.4 Å². The molecule has 36 heavy (non-hydrogen) atoms. The van der Waals surface area contributed by atoms with Crippen molar-refractivity contribution in [2.75, 3.05) is 11.9 Å². The van der Waals surface area contributed by atoms with Crippen molar-refractivity contribution in [2.24, 2.45) is 0 Å². The average Bonchev–Trinajstić information content (AvgIpc) is 3.26. The van der Waals surface area contributed by atoms with Crippen LogP contribution in [0.3, 0.4) is 0 Å². The SMILES string of the molecule is CCOc1ccc(NC(=O)NCc2nnc(SCc3ccc(F)cc3)n2-c2ccc(Cl)cc2Cl)cc1. The number of thioether (sulfide) groups is 1. The van der Waals surface area contributed by atoms with Crippen molar-refractivity contribution in [3.63, 3.8) is 0 Å². The normalized spacial score (nSPS) is 10.8. The fourth-order valence-electron chi connectivity index (χ4n) is 3.28. The molecule has 0 saturated heterocycles. The van der Waals surface area contributed by atoms with Crippen LogP contribution in [0.15, 0.2) is 71.9 Å². The van der Waals surface area contributed by atoms with Gasteiger partial charge in [0.15, 0.2) is 11.0 Å². The Bertz CT molecular complexity index is 1330. The van der Waals surface area contributed by atoms with E-state index in [1.54, 1.807) is 59.2 Å². The van der Waals surface area contributed by atoms with Crippen LogP contribution in [0.5, 0.6) is 5.75 Å². The molecular weight excluding hydrogens is 524 g/mol. The Kier molecular flexibility index (Phi) is 8.69. The van der Waals surface area contributed by atoms with Gasteiger partial charge in [0.1, 0.15) is 11.6 Å². The molecule has 1 aromatic heterocycles. The van der Waals surface area contributed by atoms with Gasteiger partial charge in [0.2, 0.25) is 0 Å². The Labute approximate surface area is 222 Å². The minimum Gasteiger partial charge on any atom is -0.494 e. The van der Waals surface area contributed by atoms with Crippen LogP contribution in [0.2, 0.25) is 10.0 Å². The number of hydrogen-bond donors (Lipinski definition) is 2. The molecule has 4 aromatic rings. The minimum absolute atomic E-state index is 0.0892. The molecule has 0 spiro atoms. The van der Waals surface area contributed by atoms with E-state index in [2.05, 4.69) is 20.8 Å². The zero-order chi connectivity index (χ0) is 25.5. The Morgan fingerprint density at radius 2 is 1.81 bits per heavy atom. The Balaban J connectivity index is 1.50. The number of carbonyl (C=O) groups is 1. The second kappa shape index (κ2) is 12.1. The number of nitrogens with one attached hydrogen (secondary N) is 2. The number of rotatable bonds is 9. The summed E-state index contributed by atoms with van der Waals surface area (Å²) in [5.41, 5.74) is 2.16. The van der Waals surface area contributed by atoms with E-state index < -0.39 is 6.03 Å². The number of ether oxygens (including phenoxy) is 1. The highest BCUT2D eigenvalue weighted by atomic mass is 35.5. The molecule has 7 nitrogen and oxygen atoms in total. The predicted molar refractivity (Wildman–Crippen MR) is 141 cm³/mol. The summed E-state index contributed by atoms with van der Waals surface area (Å²) < 4.78 is 20.4. The van der Waals surface area contributed by atoms with Crippen LogP contribution in [0, 0.1) is 5.82 Å². The number of anilines is 1. The van der Waals surface area contributed by atoms with Gasteiger partial charge >= 0.3 is 6.03 Å². The third kappa shape index (κ3) is 6.69. The summed E-state index contributed by atoms with van der Waals surface area (Å²) in [6.45, 7) is 2.56. The molecule has 0 aliphatic carbocycles. The molecule has 1 heterocycles. The Morgan fingerprint density at radius 3 is 2.50 bits per heavy atom. The molecule has 0 atom stereocenters.